The van der Waals surface area contributed by atoms with Gasteiger partial charge in [0.05, 0.1) is 21.3 Å². The normalized spacial score (nSPS) is 12.8. The third-order valence-corrected chi connectivity index (χ3v) is 4.48. The molecule has 0 saturated heterocycles. The zero-order valence-electron chi connectivity index (χ0n) is 10.5. The summed E-state index contributed by atoms with van der Waals surface area (Å²) in [5, 5.41) is 0.735. The van der Waals surface area contributed by atoms with Crippen molar-refractivity contribution in [3.8, 4) is 11.3 Å². The number of benzene rings is 2. The summed E-state index contributed by atoms with van der Waals surface area (Å²) in [6.45, 7) is 0. The summed E-state index contributed by atoms with van der Waals surface area (Å²) in [6, 6.07) is 11.8. The third kappa shape index (κ3) is 2.21. The van der Waals surface area contributed by atoms with Gasteiger partial charge in [-0.25, -0.2) is 4.39 Å². The fourth-order valence-electron chi connectivity index (χ4n) is 2.16. The Balaban J connectivity index is 2.39. The molecule has 102 valence electrons. The highest BCUT2D eigenvalue weighted by molar-refractivity contribution is 9.10. The number of rotatable bonds is 2. The molecule has 0 aliphatic carbocycles. The summed E-state index contributed by atoms with van der Waals surface area (Å²) in [5.74, 6) is -0.0608. The van der Waals surface area contributed by atoms with Crippen molar-refractivity contribution < 1.29 is 13.0 Å². The van der Waals surface area contributed by atoms with Gasteiger partial charge in [-0.2, -0.15) is 0 Å². The van der Waals surface area contributed by atoms with Crippen molar-refractivity contribution >= 4 is 37.7 Å². The number of halogens is 2. The first kappa shape index (κ1) is 13.5. The Morgan fingerprint density at radius 1 is 1.20 bits per heavy atom. The van der Waals surface area contributed by atoms with E-state index in [9.17, 15) is 8.60 Å². The van der Waals surface area contributed by atoms with E-state index in [4.69, 9.17) is 4.42 Å². The molecule has 0 aliphatic rings. The SMILES string of the molecule is C[S@](=O)c1c(-c2ccccc2F)oc2ccc(Br)cc12. The lowest BCUT2D eigenvalue weighted by atomic mass is 10.1. The van der Waals surface area contributed by atoms with Crippen molar-refractivity contribution in [1.29, 1.82) is 0 Å². The molecule has 0 spiro atoms. The molecule has 0 bridgehead atoms. The standard InChI is InChI=1S/C15H10BrFO2S/c1-20(18)15-11-8-9(16)6-7-13(11)19-14(15)10-4-2-3-5-12(10)17/h2-8H,1H3/t20-/m0/s1. The fraction of sp³-hybridized carbons (Fsp3) is 0.0667. The summed E-state index contributed by atoms with van der Waals surface area (Å²) in [4.78, 5) is 0.520. The maximum atomic E-state index is 14.0. The Bertz CT molecular complexity index is 826. The van der Waals surface area contributed by atoms with E-state index >= 15 is 0 Å². The van der Waals surface area contributed by atoms with E-state index in [0.717, 1.165) is 9.86 Å². The van der Waals surface area contributed by atoms with Crippen molar-refractivity contribution in [2.24, 2.45) is 0 Å². The fourth-order valence-corrected chi connectivity index (χ4v) is 3.40. The van der Waals surface area contributed by atoms with Crippen LogP contribution in [0.15, 0.2) is 56.2 Å². The molecule has 0 N–H and O–H groups in total. The van der Waals surface area contributed by atoms with Crippen LogP contribution in [0.3, 0.4) is 0 Å². The maximum absolute atomic E-state index is 14.0. The third-order valence-electron chi connectivity index (χ3n) is 3.01. The Kier molecular flexibility index (Phi) is 3.48. The van der Waals surface area contributed by atoms with Gasteiger partial charge in [-0.3, -0.25) is 4.21 Å². The van der Waals surface area contributed by atoms with Crippen molar-refractivity contribution in [3.05, 3.63) is 52.8 Å². The van der Waals surface area contributed by atoms with E-state index in [1.807, 2.05) is 12.1 Å². The highest BCUT2D eigenvalue weighted by atomic mass is 79.9. The molecule has 0 fully saturated rings. The van der Waals surface area contributed by atoms with Crippen molar-refractivity contribution in [1.82, 2.24) is 0 Å². The second-order valence-electron chi connectivity index (χ2n) is 4.33. The van der Waals surface area contributed by atoms with Crippen LogP contribution in [-0.4, -0.2) is 10.5 Å². The van der Waals surface area contributed by atoms with Gasteiger partial charge >= 0.3 is 0 Å². The Hall–Kier alpha value is -1.46. The van der Waals surface area contributed by atoms with Gasteiger partial charge in [0.25, 0.3) is 0 Å². The molecular formula is C15H10BrFO2S. The van der Waals surface area contributed by atoms with Gasteiger partial charge in [-0.05, 0) is 30.3 Å². The summed E-state index contributed by atoms with van der Waals surface area (Å²) >= 11 is 3.38. The molecule has 3 aromatic rings. The molecule has 0 saturated carbocycles. The lowest BCUT2D eigenvalue weighted by molar-refractivity contribution is 0.596. The Morgan fingerprint density at radius 3 is 2.65 bits per heavy atom. The van der Waals surface area contributed by atoms with Crippen LogP contribution >= 0.6 is 15.9 Å². The van der Waals surface area contributed by atoms with E-state index in [2.05, 4.69) is 15.9 Å². The van der Waals surface area contributed by atoms with Gasteiger partial charge in [-0.15, -0.1) is 0 Å². The van der Waals surface area contributed by atoms with Crippen molar-refractivity contribution in [2.45, 2.75) is 4.90 Å². The minimum atomic E-state index is -1.28. The molecular weight excluding hydrogens is 343 g/mol. The van der Waals surface area contributed by atoms with Crippen LogP contribution in [0.2, 0.25) is 0 Å². The van der Waals surface area contributed by atoms with E-state index in [1.54, 1.807) is 30.5 Å². The van der Waals surface area contributed by atoms with Crippen LogP contribution in [-0.2, 0) is 10.8 Å². The predicted molar refractivity (Wildman–Crippen MR) is 81.6 cm³/mol. The Morgan fingerprint density at radius 2 is 1.95 bits per heavy atom. The van der Waals surface area contributed by atoms with Crippen molar-refractivity contribution in [2.75, 3.05) is 6.26 Å². The second-order valence-corrected chi connectivity index (χ2v) is 6.57. The number of fused-ring (bicyclic) bond motifs is 1. The minimum Gasteiger partial charge on any atom is -0.455 e. The zero-order valence-corrected chi connectivity index (χ0v) is 12.9. The lowest BCUT2D eigenvalue weighted by Gasteiger charge is -2.01. The van der Waals surface area contributed by atoms with E-state index in [0.29, 0.717) is 21.8 Å². The molecule has 0 radical (unpaired) electrons. The predicted octanol–water partition coefficient (Wildman–Crippen LogP) is 4.74. The molecule has 0 amide bonds. The molecule has 3 rings (SSSR count). The molecule has 0 aliphatic heterocycles. The molecule has 1 aromatic heterocycles. The quantitative estimate of drug-likeness (QED) is 0.666. The first-order valence-electron chi connectivity index (χ1n) is 5.88. The van der Waals surface area contributed by atoms with Crippen LogP contribution in [0.4, 0.5) is 4.39 Å². The number of hydrogen-bond acceptors (Lipinski definition) is 2. The molecule has 0 unspecified atom stereocenters. The molecule has 20 heavy (non-hydrogen) atoms. The van der Waals surface area contributed by atoms with E-state index in [1.165, 1.54) is 6.07 Å². The monoisotopic (exact) mass is 352 g/mol. The lowest BCUT2D eigenvalue weighted by Crippen LogP contribution is -1.90. The highest BCUT2D eigenvalue weighted by Crippen LogP contribution is 2.37. The zero-order chi connectivity index (χ0) is 14.3. The summed E-state index contributed by atoms with van der Waals surface area (Å²) in [5.41, 5.74) is 0.918. The van der Waals surface area contributed by atoms with E-state index < -0.39 is 16.6 Å². The largest absolute Gasteiger partial charge is 0.455 e. The Labute approximate surface area is 126 Å². The molecule has 2 aromatic carbocycles. The molecule has 1 atom stereocenters. The molecule has 1 heterocycles. The first-order valence-corrected chi connectivity index (χ1v) is 8.23. The van der Waals surface area contributed by atoms with Gasteiger partial charge in [0, 0.05) is 16.1 Å². The van der Waals surface area contributed by atoms with Crippen LogP contribution < -0.4 is 0 Å². The molecule has 5 heteroatoms. The smallest absolute Gasteiger partial charge is 0.154 e. The van der Waals surface area contributed by atoms with Crippen LogP contribution in [0.1, 0.15) is 0 Å². The van der Waals surface area contributed by atoms with Gasteiger partial charge in [0.15, 0.2) is 5.76 Å². The maximum Gasteiger partial charge on any atom is 0.154 e. The second kappa shape index (κ2) is 5.14. The van der Waals surface area contributed by atoms with Crippen LogP contribution in [0.25, 0.3) is 22.3 Å². The topological polar surface area (TPSA) is 30.2 Å². The minimum absolute atomic E-state index is 0.324. The summed E-state index contributed by atoms with van der Waals surface area (Å²) in [6.07, 6.45) is 1.57. The van der Waals surface area contributed by atoms with E-state index in [-0.39, 0.29) is 0 Å². The average Bonchev–Trinajstić information content (AvgIpc) is 2.77. The number of hydrogen-bond donors (Lipinski definition) is 0. The highest BCUT2D eigenvalue weighted by Gasteiger charge is 2.21. The number of furan rings is 1. The van der Waals surface area contributed by atoms with Gasteiger partial charge in [0.1, 0.15) is 11.4 Å². The summed E-state index contributed by atoms with van der Waals surface area (Å²) < 4.78 is 32.6. The van der Waals surface area contributed by atoms with Gasteiger partial charge in [-0.1, -0.05) is 28.1 Å². The molecule has 2 nitrogen and oxygen atoms in total. The first-order chi connectivity index (χ1) is 9.58. The van der Waals surface area contributed by atoms with Crippen LogP contribution in [0.5, 0.6) is 0 Å². The van der Waals surface area contributed by atoms with Gasteiger partial charge in [0.2, 0.25) is 0 Å². The van der Waals surface area contributed by atoms with Crippen LogP contribution in [0, 0.1) is 5.82 Å². The van der Waals surface area contributed by atoms with Crippen molar-refractivity contribution in [3.63, 3.8) is 0 Å². The van der Waals surface area contributed by atoms with Gasteiger partial charge < -0.3 is 4.42 Å². The summed E-state index contributed by atoms with van der Waals surface area (Å²) in [7, 11) is -1.28. The average molecular weight is 353 g/mol.